The minimum Gasteiger partial charge on any atom is -0.466 e. The highest BCUT2D eigenvalue weighted by Gasteiger charge is 2.32. The maximum Gasteiger partial charge on any atom is 0.324 e. The maximum absolute atomic E-state index is 6.06. The van der Waals surface area contributed by atoms with E-state index in [-0.39, 0.29) is 5.41 Å². The van der Waals surface area contributed by atoms with Crippen LogP contribution in [0.15, 0.2) is 4.42 Å². The lowest BCUT2D eigenvalue weighted by molar-refractivity contribution is 0.242. The van der Waals surface area contributed by atoms with Gasteiger partial charge in [-0.1, -0.05) is 77.3 Å². The molecule has 1 unspecified atom stereocenters. The van der Waals surface area contributed by atoms with Crippen molar-refractivity contribution in [1.82, 2.24) is 4.98 Å². The number of nitrogens with zero attached hydrogens (tertiary/aromatic N) is 1. The van der Waals surface area contributed by atoms with E-state index in [2.05, 4.69) is 25.8 Å². The predicted molar refractivity (Wildman–Crippen MR) is 88.3 cm³/mol. The summed E-state index contributed by atoms with van der Waals surface area (Å²) in [7, 11) is 1.56. The first-order valence-corrected chi connectivity index (χ1v) is 8.66. The van der Waals surface area contributed by atoms with E-state index in [9.17, 15) is 0 Å². The molecule has 0 amide bonds. The molecule has 0 N–H and O–H groups in total. The zero-order valence-corrected chi connectivity index (χ0v) is 14.8. The Hall–Kier alpha value is -0.700. The molecule has 0 saturated heterocycles. The normalized spacial score (nSPS) is 14.1. The van der Waals surface area contributed by atoms with Gasteiger partial charge in [-0.25, -0.2) is 0 Å². The number of methoxy groups -OCH3 is 1. The standard InChI is InChI=1S/C17H30ClNO2/c1-5-7-9-10-11-13-17(3,12-8-6-2)16-19-14(18)15(20-4)21-16/h5-13H2,1-4H3. The number of oxazole rings is 1. The van der Waals surface area contributed by atoms with E-state index in [0.717, 1.165) is 18.7 Å². The summed E-state index contributed by atoms with van der Waals surface area (Å²) in [4.78, 5) is 4.40. The highest BCUT2D eigenvalue weighted by molar-refractivity contribution is 6.30. The molecule has 122 valence electrons. The molecule has 0 aliphatic carbocycles. The van der Waals surface area contributed by atoms with Crippen molar-refractivity contribution in [1.29, 1.82) is 0 Å². The number of halogens is 1. The zero-order valence-electron chi connectivity index (χ0n) is 14.0. The van der Waals surface area contributed by atoms with Gasteiger partial charge in [0.1, 0.15) is 0 Å². The summed E-state index contributed by atoms with van der Waals surface area (Å²) in [6.07, 6.45) is 10.9. The van der Waals surface area contributed by atoms with Crippen molar-refractivity contribution in [2.24, 2.45) is 0 Å². The van der Waals surface area contributed by atoms with Crippen molar-refractivity contribution in [3.8, 4) is 5.95 Å². The second kappa shape index (κ2) is 9.34. The quantitative estimate of drug-likeness (QED) is 0.460. The van der Waals surface area contributed by atoms with Gasteiger partial charge in [0.15, 0.2) is 0 Å². The monoisotopic (exact) mass is 315 g/mol. The summed E-state index contributed by atoms with van der Waals surface area (Å²) in [5, 5.41) is 0.334. The lowest BCUT2D eigenvalue weighted by Crippen LogP contribution is -2.22. The minimum atomic E-state index is -0.0390. The van der Waals surface area contributed by atoms with Crippen LogP contribution in [0.1, 0.15) is 84.4 Å². The Balaban J connectivity index is 2.71. The molecule has 0 aromatic carbocycles. The Morgan fingerprint density at radius 2 is 1.67 bits per heavy atom. The van der Waals surface area contributed by atoms with Gasteiger partial charge >= 0.3 is 5.95 Å². The minimum absolute atomic E-state index is 0.0390. The number of ether oxygens (including phenoxy) is 1. The zero-order chi connectivity index (χ0) is 15.7. The molecule has 3 nitrogen and oxygen atoms in total. The highest BCUT2D eigenvalue weighted by Crippen LogP contribution is 2.38. The maximum atomic E-state index is 6.06. The van der Waals surface area contributed by atoms with Gasteiger partial charge in [-0.15, -0.1) is 0 Å². The van der Waals surface area contributed by atoms with Crippen molar-refractivity contribution in [3.63, 3.8) is 0 Å². The van der Waals surface area contributed by atoms with E-state index in [4.69, 9.17) is 20.8 Å². The second-order valence-corrected chi connectivity index (χ2v) is 6.49. The molecule has 0 aliphatic rings. The Morgan fingerprint density at radius 3 is 2.24 bits per heavy atom. The van der Waals surface area contributed by atoms with Crippen LogP contribution < -0.4 is 4.74 Å². The first-order valence-electron chi connectivity index (χ1n) is 8.28. The van der Waals surface area contributed by atoms with Crippen LogP contribution >= 0.6 is 11.6 Å². The van der Waals surface area contributed by atoms with Crippen LogP contribution in [0.3, 0.4) is 0 Å². The Morgan fingerprint density at radius 1 is 1.05 bits per heavy atom. The fraction of sp³-hybridized carbons (Fsp3) is 0.824. The van der Waals surface area contributed by atoms with Crippen molar-refractivity contribution in [2.75, 3.05) is 7.11 Å². The van der Waals surface area contributed by atoms with Crippen molar-refractivity contribution < 1.29 is 9.15 Å². The summed E-state index contributed by atoms with van der Waals surface area (Å²) in [5.74, 6) is 1.06. The van der Waals surface area contributed by atoms with Crippen LogP contribution in [0, 0.1) is 0 Å². The Kier molecular flexibility index (Phi) is 8.16. The number of aromatic nitrogens is 1. The van der Waals surface area contributed by atoms with Crippen LogP contribution in [0.25, 0.3) is 0 Å². The number of unbranched alkanes of at least 4 members (excludes halogenated alkanes) is 5. The predicted octanol–water partition coefficient (Wildman–Crippen LogP) is 6.15. The van der Waals surface area contributed by atoms with E-state index in [1.165, 1.54) is 44.9 Å². The summed E-state index contributed by atoms with van der Waals surface area (Å²) >= 11 is 6.06. The third-order valence-corrected chi connectivity index (χ3v) is 4.41. The number of hydrogen-bond donors (Lipinski definition) is 0. The third-order valence-electron chi connectivity index (χ3n) is 4.17. The van der Waals surface area contributed by atoms with Crippen LogP contribution in [0.4, 0.5) is 0 Å². The molecule has 1 heterocycles. The fourth-order valence-corrected chi connectivity index (χ4v) is 2.89. The molecule has 1 rings (SSSR count). The SMILES string of the molecule is CCCCCCCC(C)(CCCC)c1nc(Cl)c(OC)o1. The molecule has 1 atom stereocenters. The first kappa shape index (κ1) is 18.3. The van der Waals surface area contributed by atoms with Gasteiger partial charge in [0, 0.05) is 5.41 Å². The van der Waals surface area contributed by atoms with Crippen LogP contribution in [0.5, 0.6) is 5.95 Å². The molecule has 0 saturated carbocycles. The van der Waals surface area contributed by atoms with Gasteiger partial charge in [0.25, 0.3) is 0 Å². The van der Waals surface area contributed by atoms with Crippen molar-refractivity contribution >= 4 is 11.6 Å². The summed E-state index contributed by atoms with van der Waals surface area (Å²) < 4.78 is 10.9. The van der Waals surface area contributed by atoms with E-state index < -0.39 is 0 Å². The molecular formula is C17H30ClNO2. The van der Waals surface area contributed by atoms with Crippen molar-refractivity contribution in [3.05, 3.63) is 11.0 Å². The largest absolute Gasteiger partial charge is 0.466 e. The van der Waals surface area contributed by atoms with Gasteiger partial charge in [-0.2, -0.15) is 4.98 Å². The molecule has 0 spiro atoms. The van der Waals surface area contributed by atoms with Crippen LogP contribution in [-0.2, 0) is 5.41 Å². The molecule has 0 fully saturated rings. The molecule has 21 heavy (non-hydrogen) atoms. The van der Waals surface area contributed by atoms with E-state index in [0.29, 0.717) is 11.1 Å². The van der Waals surface area contributed by atoms with Gasteiger partial charge in [-0.3, -0.25) is 0 Å². The van der Waals surface area contributed by atoms with Gasteiger partial charge in [0.2, 0.25) is 11.0 Å². The number of rotatable bonds is 11. The fourth-order valence-electron chi connectivity index (χ4n) is 2.70. The molecule has 0 aliphatic heterocycles. The van der Waals surface area contributed by atoms with Gasteiger partial charge < -0.3 is 9.15 Å². The van der Waals surface area contributed by atoms with E-state index >= 15 is 0 Å². The van der Waals surface area contributed by atoms with Crippen LogP contribution in [0.2, 0.25) is 5.15 Å². The average molecular weight is 316 g/mol. The first-order chi connectivity index (χ1) is 10.1. The molecule has 1 aromatic rings. The molecule has 1 aromatic heterocycles. The van der Waals surface area contributed by atoms with Crippen molar-refractivity contribution in [2.45, 2.75) is 84.0 Å². The molecule has 0 radical (unpaired) electrons. The second-order valence-electron chi connectivity index (χ2n) is 6.13. The molecule has 4 heteroatoms. The van der Waals surface area contributed by atoms with Gasteiger partial charge in [-0.05, 0) is 12.8 Å². The van der Waals surface area contributed by atoms with E-state index in [1.54, 1.807) is 7.11 Å². The highest BCUT2D eigenvalue weighted by atomic mass is 35.5. The summed E-state index contributed by atoms with van der Waals surface area (Å²) in [6, 6.07) is 0. The van der Waals surface area contributed by atoms with Crippen LogP contribution in [-0.4, -0.2) is 12.1 Å². The lowest BCUT2D eigenvalue weighted by Gasteiger charge is -2.26. The van der Waals surface area contributed by atoms with Gasteiger partial charge in [0.05, 0.1) is 7.11 Å². The summed E-state index contributed by atoms with van der Waals surface area (Å²) in [5.41, 5.74) is -0.0390. The molecule has 0 bridgehead atoms. The summed E-state index contributed by atoms with van der Waals surface area (Å²) in [6.45, 7) is 6.70. The smallest absolute Gasteiger partial charge is 0.324 e. The Labute approximate surface area is 134 Å². The lowest BCUT2D eigenvalue weighted by atomic mass is 9.80. The Bertz CT molecular complexity index is 405. The molecular weight excluding hydrogens is 286 g/mol. The average Bonchev–Trinajstić information content (AvgIpc) is 2.86. The third kappa shape index (κ3) is 5.54. The number of hydrogen-bond acceptors (Lipinski definition) is 3. The van der Waals surface area contributed by atoms with E-state index in [1.807, 2.05) is 0 Å². The topological polar surface area (TPSA) is 35.3 Å².